The van der Waals surface area contributed by atoms with Crippen molar-refractivity contribution in [2.45, 2.75) is 19.8 Å². The summed E-state index contributed by atoms with van der Waals surface area (Å²) in [5.41, 5.74) is 2.42. The third-order valence-corrected chi connectivity index (χ3v) is 4.44. The van der Waals surface area contributed by atoms with E-state index < -0.39 is 0 Å². The number of aromatic nitrogens is 2. The number of nitrogens with one attached hydrogen (secondary N) is 1. The lowest BCUT2D eigenvalue weighted by Crippen LogP contribution is -2.28. The minimum atomic E-state index is -0.146. The Morgan fingerprint density at radius 1 is 1.10 bits per heavy atom. The van der Waals surface area contributed by atoms with Crippen molar-refractivity contribution in [3.8, 4) is 17.5 Å². The second-order valence-corrected chi connectivity index (χ2v) is 6.73. The van der Waals surface area contributed by atoms with E-state index in [1.54, 1.807) is 36.2 Å². The largest absolute Gasteiger partial charge is 0.340 e. The quantitative estimate of drug-likeness (QED) is 0.641. The molecule has 0 aliphatic carbocycles. The normalized spacial score (nSPS) is 10.2. The van der Waals surface area contributed by atoms with Crippen LogP contribution in [-0.4, -0.2) is 34.4 Å². The maximum Gasteiger partial charge on any atom is 0.272 e. The van der Waals surface area contributed by atoms with Crippen molar-refractivity contribution in [3.05, 3.63) is 71.9 Å². The number of carbonyl (C=O) groups is 1. The average Bonchev–Trinajstić information content (AvgIpc) is 2.77. The van der Waals surface area contributed by atoms with Gasteiger partial charge in [0.2, 0.25) is 0 Å². The van der Waals surface area contributed by atoms with Gasteiger partial charge >= 0.3 is 0 Å². The molecule has 0 fully saturated rings. The van der Waals surface area contributed by atoms with Gasteiger partial charge in [-0.25, -0.2) is 9.97 Å². The first-order valence-corrected chi connectivity index (χ1v) is 9.58. The maximum absolute atomic E-state index is 12.9. The molecule has 1 N–H and O–H groups in total. The van der Waals surface area contributed by atoms with Crippen molar-refractivity contribution in [3.63, 3.8) is 0 Å². The van der Waals surface area contributed by atoms with Crippen LogP contribution in [0.15, 0.2) is 60.7 Å². The summed E-state index contributed by atoms with van der Waals surface area (Å²) in [5.74, 6) is 0.826. The summed E-state index contributed by atoms with van der Waals surface area (Å²) in [5, 5.41) is 12.3. The molecular formula is C23H23N5O. The Kier molecular flexibility index (Phi) is 6.54. The molecule has 0 aliphatic rings. The molecule has 0 unspecified atom stereocenters. The molecule has 0 bridgehead atoms. The van der Waals surface area contributed by atoms with Crippen LogP contribution in [0.4, 0.5) is 11.5 Å². The predicted octanol–water partition coefficient (Wildman–Crippen LogP) is 4.63. The number of hydrogen-bond acceptors (Lipinski definition) is 5. The number of hydrogen-bond donors (Lipinski definition) is 1. The zero-order valence-corrected chi connectivity index (χ0v) is 16.6. The van der Waals surface area contributed by atoms with Crippen molar-refractivity contribution >= 4 is 17.4 Å². The van der Waals surface area contributed by atoms with Crippen LogP contribution >= 0.6 is 0 Å². The van der Waals surface area contributed by atoms with E-state index >= 15 is 0 Å². The highest BCUT2D eigenvalue weighted by atomic mass is 16.2. The summed E-state index contributed by atoms with van der Waals surface area (Å²) in [4.78, 5) is 23.7. The van der Waals surface area contributed by atoms with Crippen LogP contribution in [0, 0.1) is 11.3 Å². The third kappa shape index (κ3) is 5.17. The van der Waals surface area contributed by atoms with E-state index in [4.69, 9.17) is 5.26 Å². The molecule has 29 heavy (non-hydrogen) atoms. The van der Waals surface area contributed by atoms with Crippen LogP contribution in [0.25, 0.3) is 11.4 Å². The molecule has 3 rings (SSSR count). The molecule has 0 spiro atoms. The minimum Gasteiger partial charge on any atom is -0.340 e. The number of nitriles is 1. The molecule has 146 valence electrons. The highest BCUT2D eigenvalue weighted by Crippen LogP contribution is 2.22. The average molecular weight is 385 g/mol. The standard InChI is InChI=1S/C23H23N5O/c1-3-4-13-28(2)23(29)20-15-21(25-19-12-8-9-17(14-19)16-24)27-22(26-20)18-10-6-5-7-11-18/h5-12,14-15H,3-4,13H2,1-2H3,(H,25,26,27). The fourth-order valence-corrected chi connectivity index (χ4v) is 2.84. The number of benzene rings is 2. The number of anilines is 2. The molecule has 3 aromatic rings. The molecular weight excluding hydrogens is 362 g/mol. The topological polar surface area (TPSA) is 81.9 Å². The summed E-state index contributed by atoms with van der Waals surface area (Å²) < 4.78 is 0. The van der Waals surface area contributed by atoms with Gasteiger partial charge in [0.1, 0.15) is 11.5 Å². The highest BCUT2D eigenvalue weighted by molar-refractivity contribution is 5.93. The molecule has 0 radical (unpaired) electrons. The van der Waals surface area contributed by atoms with Gasteiger partial charge in [-0.05, 0) is 24.6 Å². The number of carbonyl (C=O) groups excluding carboxylic acids is 1. The van der Waals surface area contributed by atoms with E-state index in [0.717, 1.165) is 24.1 Å². The lowest BCUT2D eigenvalue weighted by atomic mass is 10.2. The van der Waals surface area contributed by atoms with Gasteiger partial charge in [-0.15, -0.1) is 0 Å². The van der Waals surface area contributed by atoms with Gasteiger partial charge in [-0.2, -0.15) is 5.26 Å². The van der Waals surface area contributed by atoms with E-state index in [-0.39, 0.29) is 5.91 Å². The van der Waals surface area contributed by atoms with E-state index in [9.17, 15) is 4.79 Å². The second kappa shape index (κ2) is 9.47. The van der Waals surface area contributed by atoms with Crippen LogP contribution in [0.2, 0.25) is 0 Å². The molecule has 0 aliphatic heterocycles. The fraction of sp³-hybridized carbons (Fsp3) is 0.217. The molecule has 0 saturated carbocycles. The number of amides is 1. The summed E-state index contributed by atoms with van der Waals surface area (Å²) in [6, 6.07) is 20.4. The summed E-state index contributed by atoms with van der Waals surface area (Å²) in [7, 11) is 1.78. The lowest BCUT2D eigenvalue weighted by Gasteiger charge is -2.17. The van der Waals surface area contributed by atoms with Gasteiger partial charge in [-0.1, -0.05) is 49.7 Å². The lowest BCUT2D eigenvalue weighted by molar-refractivity contribution is 0.0787. The molecule has 6 heteroatoms. The predicted molar refractivity (Wildman–Crippen MR) is 114 cm³/mol. The van der Waals surface area contributed by atoms with Gasteiger partial charge in [-0.3, -0.25) is 4.79 Å². The first-order valence-electron chi connectivity index (χ1n) is 9.58. The Morgan fingerprint density at radius 3 is 2.62 bits per heavy atom. The zero-order valence-electron chi connectivity index (χ0n) is 16.6. The maximum atomic E-state index is 12.9. The Morgan fingerprint density at radius 2 is 1.90 bits per heavy atom. The van der Waals surface area contributed by atoms with Crippen LogP contribution in [0.5, 0.6) is 0 Å². The van der Waals surface area contributed by atoms with Crippen LogP contribution < -0.4 is 5.32 Å². The molecule has 1 aromatic heterocycles. The number of rotatable bonds is 7. The summed E-state index contributed by atoms with van der Waals surface area (Å²) >= 11 is 0. The van der Waals surface area contributed by atoms with Gasteiger partial charge < -0.3 is 10.2 Å². The van der Waals surface area contributed by atoms with Gasteiger partial charge in [0.05, 0.1) is 11.6 Å². The molecule has 1 heterocycles. The second-order valence-electron chi connectivity index (χ2n) is 6.73. The highest BCUT2D eigenvalue weighted by Gasteiger charge is 2.17. The molecule has 6 nitrogen and oxygen atoms in total. The van der Waals surface area contributed by atoms with E-state index in [1.807, 2.05) is 36.4 Å². The van der Waals surface area contributed by atoms with Crippen molar-refractivity contribution in [1.29, 1.82) is 5.26 Å². The van der Waals surface area contributed by atoms with Crippen molar-refractivity contribution < 1.29 is 4.79 Å². The molecule has 0 atom stereocenters. The Hall–Kier alpha value is -3.72. The van der Waals surface area contributed by atoms with Crippen LogP contribution in [-0.2, 0) is 0 Å². The van der Waals surface area contributed by atoms with Gasteiger partial charge in [0.25, 0.3) is 5.91 Å². The monoisotopic (exact) mass is 385 g/mol. The van der Waals surface area contributed by atoms with Crippen molar-refractivity contribution in [1.82, 2.24) is 14.9 Å². The van der Waals surface area contributed by atoms with E-state index in [2.05, 4.69) is 28.3 Å². The van der Waals surface area contributed by atoms with Crippen LogP contribution in [0.1, 0.15) is 35.8 Å². The number of nitrogens with zero attached hydrogens (tertiary/aromatic N) is 4. The molecule has 2 aromatic carbocycles. The summed E-state index contributed by atoms with van der Waals surface area (Å²) in [6.07, 6.45) is 1.95. The Balaban J connectivity index is 1.98. The van der Waals surface area contributed by atoms with Crippen molar-refractivity contribution in [2.75, 3.05) is 18.9 Å². The zero-order chi connectivity index (χ0) is 20.6. The fourth-order valence-electron chi connectivity index (χ4n) is 2.84. The first kappa shape index (κ1) is 20.0. The van der Waals surface area contributed by atoms with Gasteiger partial charge in [0, 0.05) is 30.9 Å². The number of unbranched alkanes of at least 4 members (excludes halogenated alkanes) is 1. The van der Waals surface area contributed by atoms with E-state index in [1.165, 1.54) is 0 Å². The summed E-state index contributed by atoms with van der Waals surface area (Å²) in [6.45, 7) is 2.76. The Labute approximate surface area is 170 Å². The third-order valence-electron chi connectivity index (χ3n) is 4.44. The van der Waals surface area contributed by atoms with Crippen molar-refractivity contribution in [2.24, 2.45) is 0 Å². The van der Waals surface area contributed by atoms with E-state index in [0.29, 0.717) is 29.4 Å². The van der Waals surface area contributed by atoms with Crippen LogP contribution in [0.3, 0.4) is 0 Å². The molecule has 1 amide bonds. The van der Waals surface area contributed by atoms with Gasteiger partial charge in [0.15, 0.2) is 5.82 Å². The smallest absolute Gasteiger partial charge is 0.272 e. The first-order chi connectivity index (χ1) is 14.1. The molecule has 0 saturated heterocycles. The Bertz CT molecular complexity index is 1030. The minimum absolute atomic E-state index is 0.146. The SMILES string of the molecule is CCCCN(C)C(=O)c1cc(Nc2cccc(C#N)c2)nc(-c2ccccc2)n1.